The lowest BCUT2D eigenvalue weighted by Gasteiger charge is -2.10. The molecule has 1 aromatic carbocycles. The maximum atomic E-state index is 11.0. The Kier molecular flexibility index (Phi) is 3.50. The van der Waals surface area contributed by atoms with Crippen LogP contribution in [0.5, 0.6) is 5.75 Å². The number of aromatic nitrogens is 1. The van der Waals surface area contributed by atoms with E-state index in [4.69, 9.17) is 4.74 Å². The van der Waals surface area contributed by atoms with E-state index in [-0.39, 0.29) is 0 Å². The highest BCUT2D eigenvalue weighted by Gasteiger charge is 2.09. The van der Waals surface area contributed by atoms with Gasteiger partial charge in [0.25, 0.3) is 0 Å². The van der Waals surface area contributed by atoms with Crippen molar-refractivity contribution in [1.29, 1.82) is 0 Å². The minimum atomic E-state index is 0.591. The van der Waals surface area contributed by atoms with Crippen LogP contribution in [0.1, 0.15) is 17.3 Å². The van der Waals surface area contributed by atoms with Crippen molar-refractivity contribution in [2.75, 3.05) is 6.61 Å². The van der Waals surface area contributed by atoms with E-state index in [1.165, 1.54) is 0 Å². The molecule has 1 aromatic heterocycles. The second-order valence-electron chi connectivity index (χ2n) is 3.51. The molecule has 0 bridgehead atoms. The molecule has 2 rings (SSSR count). The molecular formula is C14H13NO2. The van der Waals surface area contributed by atoms with Crippen molar-refractivity contribution in [3.8, 4) is 16.9 Å². The van der Waals surface area contributed by atoms with Gasteiger partial charge in [0, 0.05) is 29.1 Å². The third-order valence-corrected chi connectivity index (χ3v) is 2.46. The molecule has 2 aromatic rings. The third kappa shape index (κ3) is 2.33. The molecule has 0 atom stereocenters. The number of pyridine rings is 1. The molecule has 1 heterocycles. The normalized spacial score (nSPS) is 9.94. The molecule has 3 nitrogen and oxygen atoms in total. The van der Waals surface area contributed by atoms with Gasteiger partial charge in [0.2, 0.25) is 0 Å². The number of carbonyl (C=O) groups excluding carboxylic acids is 1. The van der Waals surface area contributed by atoms with Gasteiger partial charge in [0.15, 0.2) is 6.29 Å². The van der Waals surface area contributed by atoms with Gasteiger partial charge in [-0.3, -0.25) is 9.78 Å². The number of hydrogen-bond donors (Lipinski definition) is 0. The van der Waals surface area contributed by atoms with Crippen molar-refractivity contribution in [3.05, 3.63) is 48.3 Å². The molecule has 0 saturated heterocycles. The van der Waals surface area contributed by atoms with E-state index in [1.807, 2.05) is 31.2 Å². The molecule has 0 aliphatic carbocycles. The summed E-state index contributed by atoms with van der Waals surface area (Å²) in [4.78, 5) is 15.1. The molecule has 0 N–H and O–H groups in total. The quantitative estimate of drug-likeness (QED) is 0.754. The predicted octanol–water partition coefficient (Wildman–Crippen LogP) is 2.96. The number of hydrogen-bond acceptors (Lipinski definition) is 3. The molecule has 0 spiro atoms. The first-order valence-electron chi connectivity index (χ1n) is 5.48. The molecule has 0 radical (unpaired) electrons. The minimum Gasteiger partial charge on any atom is -0.493 e. The average molecular weight is 227 g/mol. The number of carbonyl (C=O) groups is 1. The summed E-state index contributed by atoms with van der Waals surface area (Å²) >= 11 is 0. The topological polar surface area (TPSA) is 39.2 Å². The van der Waals surface area contributed by atoms with Gasteiger partial charge in [-0.15, -0.1) is 0 Å². The Morgan fingerprint density at radius 2 is 2.06 bits per heavy atom. The highest BCUT2D eigenvalue weighted by atomic mass is 16.5. The van der Waals surface area contributed by atoms with Crippen LogP contribution in [-0.2, 0) is 0 Å². The summed E-state index contributed by atoms with van der Waals surface area (Å²) in [6.07, 6.45) is 4.12. The van der Waals surface area contributed by atoms with E-state index in [9.17, 15) is 4.79 Å². The molecule has 17 heavy (non-hydrogen) atoms. The monoisotopic (exact) mass is 227 g/mol. The van der Waals surface area contributed by atoms with E-state index in [2.05, 4.69) is 4.98 Å². The largest absolute Gasteiger partial charge is 0.493 e. The summed E-state index contributed by atoms with van der Waals surface area (Å²) in [5.41, 5.74) is 2.31. The van der Waals surface area contributed by atoms with Crippen LogP contribution in [0.25, 0.3) is 11.1 Å². The summed E-state index contributed by atoms with van der Waals surface area (Å²) in [6, 6.07) is 9.34. The SMILES string of the molecule is CCOc1ccccc1-c1cnccc1C=O. The van der Waals surface area contributed by atoms with Gasteiger partial charge in [0.05, 0.1) is 6.61 Å². The molecular weight excluding hydrogens is 214 g/mol. The molecule has 0 aliphatic rings. The highest BCUT2D eigenvalue weighted by molar-refractivity contribution is 5.88. The van der Waals surface area contributed by atoms with Crippen LogP contribution in [0.4, 0.5) is 0 Å². The fourth-order valence-electron chi connectivity index (χ4n) is 1.70. The Bertz CT molecular complexity index is 523. The molecule has 3 heteroatoms. The standard InChI is InChI=1S/C14H13NO2/c1-2-17-14-6-4-3-5-12(14)13-9-15-8-7-11(13)10-16/h3-10H,2H2,1H3. The maximum absolute atomic E-state index is 11.0. The average Bonchev–Trinajstić information content (AvgIpc) is 2.40. The zero-order valence-electron chi connectivity index (χ0n) is 9.59. The highest BCUT2D eigenvalue weighted by Crippen LogP contribution is 2.30. The maximum Gasteiger partial charge on any atom is 0.150 e. The van der Waals surface area contributed by atoms with E-state index in [1.54, 1.807) is 18.5 Å². The molecule has 0 amide bonds. The van der Waals surface area contributed by atoms with Gasteiger partial charge in [-0.05, 0) is 19.1 Å². The van der Waals surface area contributed by atoms with Crippen LogP contribution >= 0.6 is 0 Å². The Balaban J connectivity index is 2.55. The summed E-state index contributed by atoms with van der Waals surface area (Å²) in [7, 11) is 0. The molecule has 0 aliphatic heterocycles. The van der Waals surface area contributed by atoms with Crippen molar-refractivity contribution >= 4 is 6.29 Å². The van der Waals surface area contributed by atoms with Crippen LogP contribution in [0, 0.1) is 0 Å². The molecule has 86 valence electrons. The van der Waals surface area contributed by atoms with E-state index >= 15 is 0 Å². The van der Waals surface area contributed by atoms with Gasteiger partial charge in [-0.25, -0.2) is 0 Å². The van der Waals surface area contributed by atoms with Gasteiger partial charge in [-0.2, -0.15) is 0 Å². The van der Waals surface area contributed by atoms with Crippen molar-refractivity contribution in [2.24, 2.45) is 0 Å². The summed E-state index contributed by atoms with van der Waals surface area (Å²) in [5.74, 6) is 0.770. The number of para-hydroxylation sites is 1. The Morgan fingerprint density at radius 3 is 2.82 bits per heavy atom. The van der Waals surface area contributed by atoms with Crippen LogP contribution in [0.3, 0.4) is 0 Å². The van der Waals surface area contributed by atoms with E-state index in [0.29, 0.717) is 12.2 Å². The van der Waals surface area contributed by atoms with Gasteiger partial charge < -0.3 is 4.74 Å². The second-order valence-corrected chi connectivity index (χ2v) is 3.51. The number of nitrogens with zero attached hydrogens (tertiary/aromatic N) is 1. The van der Waals surface area contributed by atoms with Crippen molar-refractivity contribution in [1.82, 2.24) is 4.98 Å². The summed E-state index contributed by atoms with van der Waals surface area (Å²) in [5, 5.41) is 0. The smallest absolute Gasteiger partial charge is 0.150 e. The first-order valence-corrected chi connectivity index (χ1v) is 5.48. The van der Waals surface area contributed by atoms with Crippen LogP contribution in [-0.4, -0.2) is 17.9 Å². The van der Waals surface area contributed by atoms with E-state index < -0.39 is 0 Å². The van der Waals surface area contributed by atoms with Crippen molar-refractivity contribution < 1.29 is 9.53 Å². The molecule has 0 unspecified atom stereocenters. The summed E-state index contributed by atoms with van der Waals surface area (Å²) < 4.78 is 5.55. The summed E-state index contributed by atoms with van der Waals surface area (Å²) in [6.45, 7) is 2.52. The van der Waals surface area contributed by atoms with Crippen LogP contribution in [0.2, 0.25) is 0 Å². The predicted molar refractivity (Wildman–Crippen MR) is 66.2 cm³/mol. The third-order valence-electron chi connectivity index (χ3n) is 2.46. The number of benzene rings is 1. The lowest BCUT2D eigenvalue weighted by molar-refractivity contribution is 0.112. The number of rotatable bonds is 4. The Hall–Kier alpha value is -2.16. The fraction of sp³-hybridized carbons (Fsp3) is 0.143. The zero-order valence-corrected chi connectivity index (χ0v) is 9.59. The van der Waals surface area contributed by atoms with E-state index in [0.717, 1.165) is 23.2 Å². The minimum absolute atomic E-state index is 0.591. The lowest BCUT2D eigenvalue weighted by atomic mass is 10.0. The van der Waals surface area contributed by atoms with Crippen molar-refractivity contribution in [2.45, 2.75) is 6.92 Å². The molecule has 0 saturated carbocycles. The Labute approximate surface area is 100 Å². The Morgan fingerprint density at radius 1 is 1.24 bits per heavy atom. The van der Waals surface area contributed by atoms with Gasteiger partial charge in [-0.1, -0.05) is 18.2 Å². The zero-order chi connectivity index (χ0) is 12.1. The second kappa shape index (κ2) is 5.25. The van der Waals surface area contributed by atoms with Gasteiger partial charge >= 0.3 is 0 Å². The lowest BCUT2D eigenvalue weighted by Crippen LogP contribution is -1.96. The van der Waals surface area contributed by atoms with Crippen molar-refractivity contribution in [3.63, 3.8) is 0 Å². The number of aldehydes is 1. The van der Waals surface area contributed by atoms with Crippen LogP contribution < -0.4 is 4.74 Å². The van der Waals surface area contributed by atoms with Crippen LogP contribution in [0.15, 0.2) is 42.7 Å². The fourth-order valence-corrected chi connectivity index (χ4v) is 1.70. The molecule has 0 fully saturated rings. The first kappa shape index (κ1) is 11.3. The number of ether oxygens (including phenoxy) is 1. The first-order chi connectivity index (χ1) is 8.36. The van der Waals surface area contributed by atoms with Gasteiger partial charge in [0.1, 0.15) is 5.75 Å².